The van der Waals surface area contributed by atoms with Gasteiger partial charge in [-0.2, -0.15) is 4.98 Å². The molecule has 10 N–H and O–H groups in total. The molecule has 0 aliphatic carbocycles. The second-order valence-electron chi connectivity index (χ2n) is 10.2. The fraction of sp³-hybridized carbons (Fsp3) is 0.625. The van der Waals surface area contributed by atoms with E-state index in [9.17, 15) is 25.2 Å². The van der Waals surface area contributed by atoms with Crippen LogP contribution < -0.4 is 22.9 Å². The number of nitrogens with two attached hydrogens (primary N) is 3. The zero-order valence-corrected chi connectivity index (χ0v) is 23.5. The van der Waals surface area contributed by atoms with Gasteiger partial charge >= 0.3 is 5.69 Å². The molecule has 0 radical (unpaired) electrons. The van der Waals surface area contributed by atoms with Crippen molar-refractivity contribution in [1.29, 1.82) is 0 Å². The Morgan fingerprint density at radius 2 is 1.86 bits per heavy atom. The Morgan fingerprint density at radius 1 is 1.05 bits per heavy atom. The smallest absolute Gasteiger partial charge is 0.351 e. The molecule has 230 valence electrons. The second-order valence-corrected chi connectivity index (χ2v) is 11.4. The minimum Gasteiger partial charge on any atom is -0.394 e. The maximum absolute atomic E-state index is 12.5. The quantitative estimate of drug-likeness (QED) is 0.103. The van der Waals surface area contributed by atoms with Gasteiger partial charge in [-0.05, 0) is 19.5 Å². The summed E-state index contributed by atoms with van der Waals surface area (Å²) in [5.74, 6) is 0.812. The van der Waals surface area contributed by atoms with Gasteiger partial charge in [-0.1, -0.05) is 0 Å². The number of nitrogens with zero attached hydrogens (tertiary/aromatic N) is 7. The first kappa shape index (κ1) is 30.5. The molecular weight excluding hydrogens is 572 g/mol. The van der Waals surface area contributed by atoms with Gasteiger partial charge in [0.1, 0.15) is 48.3 Å². The van der Waals surface area contributed by atoms with Gasteiger partial charge in [-0.3, -0.25) is 14.0 Å². The summed E-state index contributed by atoms with van der Waals surface area (Å²) in [5.41, 5.74) is 17.8. The lowest BCUT2D eigenvalue weighted by Crippen LogP contribution is -2.41. The van der Waals surface area contributed by atoms with Crippen molar-refractivity contribution in [1.82, 2.24) is 34.0 Å². The number of nitrogen functional groups attached to an aromatic ring is 2. The minimum atomic E-state index is -1.23. The molecule has 7 atom stereocenters. The molecule has 18 heteroatoms. The Kier molecular flexibility index (Phi) is 9.55. The van der Waals surface area contributed by atoms with Gasteiger partial charge in [0.05, 0.1) is 23.9 Å². The van der Waals surface area contributed by atoms with Crippen LogP contribution in [0.25, 0.3) is 11.2 Å². The number of fused-ring (bicyclic) bond motifs is 1. The van der Waals surface area contributed by atoms with Crippen molar-refractivity contribution in [3.8, 4) is 0 Å². The molecule has 3 aromatic heterocycles. The average molecular weight is 609 g/mol. The SMILES string of the molecule is NCCCN(CCSc1cn(C2C[C@H](O)[C@@H](CO)O2)c(=O)nc1N)C[C@H]1O[C@@H](n2cnc3c(N)ncnc32)[C@H](O)[C@@H]1O. The number of ether oxygens (including phenoxy) is 2. The summed E-state index contributed by atoms with van der Waals surface area (Å²) in [6.45, 7) is 1.57. The van der Waals surface area contributed by atoms with Crippen LogP contribution in [-0.2, 0) is 9.47 Å². The molecule has 0 spiro atoms. The minimum absolute atomic E-state index is 0.0736. The molecule has 5 heterocycles. The predicted octanol–water partition coefficient (Wildman–Crippen LogP) is -2.75. The van der Waals surface area contributed by atoms with Crippen molar-refractivity contribution in [3.63, 3.8) is 0 Å². The first-order valence-electron chi connectivity index (χ1n) is 13.5. The van der Waals surface area contributed by atoms with E-state index < -0.39 is 48.7 Å². The molecule has 0 bridgehead atoms. The molecular formula is C24H36N10O7S. The topological polar surface area (TPSA) is 259 Å². The van der Waals surface area contributed by atoms with Crippen LogP contribution in [0.2, 0.25) is 0 Å². The summed E-state index contributed by atoms with van der Waals surface area (Å²) in [5, 5.41) is 41.1. The summed E-state index contributed by atoms with van der Waals surface area (Å²) < 4.78 is 14.5. The molecule has 2 aliphatic heterocycles. The molecule has 2 fully saturated rings. The highest BCUT2D eigenvalue weighted by atomic mass is 32.2. The van der Waals surface area contributed by atoms with Crippen molar-refractivity contribution in [2.45, 2.75) is 60.7 Å². The summed E-state index contributed by atoms with van der Waals surface area (Å²) >= 11 is 1.38. The first-order valence-corrected chi connectivity index (χ1v) is 14.5. The number of aliphatic hydroxyl groups is 4. The van der Waals surface area contributed by atoms with Crippen LogP contribution in [0.3, 0.4) is 0 Å². The highest BCUT2D eigenvalue weighted by molar-refractivity contribution is 7.99. The van der Waals surface area contributed by atoms with Crippen molar-refractivity contribution in [2.75, 3.05) is 50.0 Å². The van der Waals surface area contributed by atoms with Gasteiger partial charge < -0.3 is 47.1 Å². The van der Waals surface area contributed by atoms with Crippen LogP contribution in [0.15, 0.2) is 28.5 Å². The Hall–Kier alpha value is -2.94. The van der Waals surface area contributed by atoms with Gasteiger partial charge in [-0.25, -0.2) is 19.7 Å². The molecule has 0 amide bonds. The standard InChI is InChI=1S/C24H36N10O7S/c25-2-1-3-32(4-5-42-15-8-33(24(39)31-20(15)26)16-6-12(36)14(9-35)40-16)7-13-18(37)19(38)23(41-13)34-11-30-17-21(27)28-10-29-22(17)34/h8,10-14,16,18-19,23,35-38H,1-7,9,25H2,(H2,26,31,39)(H2,27,28,29)/t12-,13+,14+,16?,18+,19+,23+/m0/s1. The van der Waals surface area contributed by atoms with Crippen LogP contribution in [0.4, 0.5) is 11.6 Å². The molecule has 42 heavy (non-hydrogen) atoms. The molecule has 2 saturated heterocycles. The van der Waals surface area contributed by atoms with E-state index in [1.165, 1.54) is 33.6 Å². The van der Waals surface area contributed by atoms with E-state index in [1.807, 2.05) is 0 Å². The maximum Gasteiger partial charge on any atom is 0.351 e. The lowest BCUT2D eigenvalue weighted by Gasteiger charge is -2.26. The van der Waals surface area contributed by atoms with Gasteiger partial charge in [0.15, 0.2) is 17.7 Å². The first-order chi connectivity index (χ1) is 20.2. The largest absolute Gasteiger partial charge is 0.394 e. The molecule has 1 unspecified atom stereocenters. The van der Waals surface area contributed by atoms with Gasteiger partial charge in [-0.15, -0.1) is 11.8 Å². The third kappa shape index (κ3) is 6.21. The second kappa shape index (κ2) is 13.1. The fourth-order valence-corrected chi connectivity index (χ4v) is 6.10. The van der Waals surface area contributed by atoms with Gasteiger partial charge in [0.25, 0.3) is 0 Å². The lowest BCUT2D eigenvalue weighted by atomic mass is 10.1. The number of hydrogen-bond acceptors (Lipinski definition) is 16. The fourth-order valence-electron chi connectivity index (χ4n) is 5.15. The van der Waals surface area contributed by atoms with Crippen LogP contribution in [-0.4, -0.2) is 123 Å². The monoisotopic (exact) mass is 608 g/mol. The lowest BCUT2D eigenvalue weighted by molar-refractivity contribution is -0.0460. The molecule has 5 rings (SSSR count). The Balaban J connectivity index is 1.24. The molecule has 2 aliphatic rings. The molecule has 0 aromatic carbocycles. The number of anilines is 2. The van der Waals surface area contributed by atoms with E-state index in [0.29, 0.717) is 54.4 Å². The third-order valence-corrected chi connectivity index (χ3v) is 8.43. The van der Waals surface area contributed by atoms with E-state index in [0.717, 1.165) is 0 Å². The van der Waals surface area contributed by atoms with E-state index in [1.54, 1.807) is 6.20 Å². The number of imidazole rings is 1. The number of rotatable bonds is 12. The normalized spacial score (nSPS) is 27.9. The van der Waals surface area contributed by atoms with E-state index in [4.69, 9.17) is 26.7 Å². The van der Waals surface area contributed by atoms with E-state index in [-0.39, 0.29) is 24.7 Å². The van der Waals surface area contributed by atoms with Crippen molar-refractivity contribution in [2.24, 2.45) is 5.73 Å². The van der Waals surface area contributed by atoms with Gasteiger partial charge in [0, 0.05) is 31.5 Å². The zero-order valence-electron chi connectivity index (χ0n) is 22.7. The summed E-state index contributed by atoms with van der Waals surface area (Å²) in [6, 6.07) is 0. The van der Waals surface area contributed by atoms with Crippen LogP contribution in [0.1, 0.15) is 25.3 Å². The highest BCUT2D eigenvalue weighted by Crippen LogP contribution is 2.33. The molecule has 3 aromatic rings. The summed E-state index contributed by atoms with van der Waals surface area (Å²) in [6.07, 6.45) is -1.38. The number of aliphatic hydroxyl groups excluding tert-OH is 4. The van der Waals surface area contributed by atoms with Crippen molar-refractivity contribution in [3.05, 3.63) is 29.3 Å². The van der Waals surface area contributed by atoms with E-state index >= 15 is 0 Å². The van der Waals surface area contributed by atoms with Gasteiger partial charge in [0.2, 0.25) is 0 Å². The zero-order chi connectivity index (χ0) is 30.0. The van der Waals surface area contributed by atoms with Crippen molar-refractivity contribution >= 4 is 34.6 Å². The Morgan fingerprint density at radius 3 is 2.60 bits per heavy atom. The summed E-state index contributed by atoms with van der Waals surface area (Å²) in [7, 11) is 0. The van der Waals surface area contributed by atoms with Crippen LogP contribution in [0.5, 0.6) is 0 Å². The molecule has 0 saturated carbocycles. The van der Waals surface area contributed by atoms with Crippen molar-refractivity contribution < 1.29 is 29.9 Å². The average Bonchev–Trinajstić information content (AvgIpc) is 3.64. The van der Waals surface area contributed by atoms with E-state index in [2.05, 4.69) is 24.8 Å². The number of aromatic nitrogens is 6. The Labute approximate surface area is 244 Å². The molecule has 17 nitrogen and oxygen atoms in total. The number of thioether (sulfide) groups is 1. The highest BCUT2D eigenvalue weighted by Gasteiger charge is 2.45. The third-order valence-electron chi connectivity index (χ3n) is 7.42. The number of hydrogen-bond donors (Lipinski definition) is 7. The van der Waals surface area contributed by atoms with Crippen LogP contribution in [0, 0.1) is 0 Å². The summed E-state index contributed by atoms with van der Waals surface area (Å²) in [4.78, 5) is 31.3. The van der Waals surface area contributed by atoms with Crippen LogP contribution >= 0.6 is 11.8 Å². The Bertz CT molecular complexity index is 1430. The maximum atomic E-state index is 12.5. The predicted molar refractivity (Wildman–Crippen MR) is 151 cm³/mol.